The molecule has 0 heterocycles. The van der Waals surface area contributed by atoms with Crippen LogP contribution < -0.4 is 15.4 Å². The van der Waals surface area contributed by atoms with Crippen molar-refractivity contribution < 1.29 is 14.3 Å². The number of amides is 2. The fourth-order valence-electron chi connectivity index (χ4n) is 2.58. The third kappa shape index (κ3) is 4.51. The zero-order valence-electron chi connectivity index (χ0n) is 13.8. The molecule has 3 rings (SSSR count). The first-order valence-electron chi connectivity index (χ1n) is 8.17. The van der Waals surface area contributed by atoms with Gasteiger partial charge in [0.25, 0.3) is 0 Å². The first-order chi connectivity index (χ1) is 12.1. The maximum atomic E-state index is 12.3. The van der Waals surface area contributed by atoms with Gasteiger partial charge in [0.2, 0.25) is 11.8 Å². The SMILES string of the molecule is CCOc1ccc(NC(=O)C2CC2C(=O)Nc2ccc(Cl)cc2)cc1. The summed E-state index contributed by atoms with van der Waals surface area (Å²) in [5.41, 5.74) is 1.36. The zero-order valence-corrected chi connectivity index (χ0v) is 14.5. The van der Waals surface area contributed by atoms with Crippen molar-refractivity contribution in [3.8, 4) is 5.75 Å². The highest BCUT2D eigenvalue weighted by Crippen LogP contribution is 2.40. The summed E-state index contributed by atoms with van der Waals surface area (Å²) in [6.45, 7) is 2.51. The highest BCUT2D eigenvalue weighted by Gasteiger charge is 2.48. The first-order valence-corrected chi connectivity index (χ1v) is 8.55. The molecule has 1 saturated carbocycles. The van der Waals surface area contributed by atoms with E-state index in [1.54, 1.807) is 48.5 Å². The predicted octanol–water partition coefficient (Wildman–Crippen LogP) is 3.95. The van der Waals surface area contributed by atoms with E-state index in [-0.39, 0.29) is 23.7 Å². The molecule has 0 spiro atoms. The number of benzene rings is 2. The van der Waals surface area contributed by atoms with Crippen molar-refractivity contribution in [3.63, 3.8) is 0 Å². The fraction of sp³-hybridized carbons (Fsp3) is 0.263. The second kappa shape index (κ2) is 7.57. The van der Waals surface area contributed by atoms with Gasteiger partial charge < -0.3 is 15.4 Å². The lowest BCUT2D eigenvalue weighted by Gasteiger charge is -2.07. The molecule has 0 radical (unpaired) electrons. The van der Waals surface area contributed by atoms with E-state index in [4.69, 9.17) is 16.3 Å². The Morgan fingerprint density at radius 2 is 1.44 bits per heavy atom. The highest BCUT2D eigenvalue weighted by atomic mass is 35.5. The molecule has 2 aromatic rings. The molecule has 2 aromatic carbocycles. The van der Waals surface area contributed by atoms with Crippen molar-refractivity contribution in [1.29, 1.82) is 0 Å². The predicted molar refractivity (Wildman–Crippen MR) is 97.9 cm³/mol. The maximum absolute atomic E-state index is 12.3. The van der Waals surface area contributed by atoms with Crippen LogP contribution in [0.3, 0.4) is 0 Å². The van der Waals surface area contributed by atoms with Crippen molar-refractivity contribution in [3.05, 3.63) is 53.6 Å². The molecular weight excluding hydrogens is 340 g/mol. The van der Waals surface area contributed by atoms with Gasteiger partial charge in [-0.3, -0.25) is 9.59 Å². The lowest BCUT2D eigenvalue weighted by atomic mass is 10.2. The Bertz CT molecular complexity index is 759. The number of hydrogen-bond donors (Lipinski definition) is 2. The van der Waals surface area contributed by atoms with Crippen LogP contribution in [0.2, 0.25) is 5.02 Å². The third-order valence-electron chi connectivity index (χ3n) is 4.01. The Balaban J connectivity index is 1.51. The molecule has 6 heteroatoms. The quantitative estimate of drug-likeness (QED) is 0.821. The van der Waals surface area contributed by atoms with E-state index >= 15 is 0 Å². The molecular formula is C19H19ClN2O3. The second-order valence-corrected chi connectivity index (χ2v) is 6.33. The van der Waals surface area contributed by atoms with E-state index in [9.17, 15) is 9.59 Å². The van der Waals surface area contributed by atoms with E-state index in [0.717, 1.165) is 5.75 Å². The van der Waals surface area contributed by atoms with Gasteiger partial charge in [-0.25, -0.2) is 0 Å². The molecule has 2 amide bonds. The Labute approximate surface area is 151 Å². The molecule has 1 fully saturated rings. The van der Waals surface area contributed by atoms with Crippen molar-refractivity contribution in [2.24, 2.45) is 11.8 Å². The molecule has 2 N–H and O–H groups in total. The molecule has 0 saturated heterocycles. The largest absolute Gasteiger partial charge is 0.494 e. The monoisotopic (exact) mass is 358 g/mol. The lowest BCUT2D eigenvalue weighted by molar-refractivity contribution is -0.122. The summed E-state index contributed by atoms with van der Waals surface area (Å²) in [6, 6.07) is 14.1. The minimum Gasteiger partial charge on any atom is -0.494 e. The molecule has 5 nitrogen and oxygen atoms in total. The summed E-state index contributed by atoms with van der Waals surface area (Å²) in [5.74, 6) is -0.112. The number of rotatable bonds is 6. The van der Waals surface area contributed by atoms with Gasteiger partial charge in [-0.05, 0) is 61.9 Å². The average molecular weight is 359 g/mol. The summed E-state index contributed by atoms with van der Waals surface area (Å²) in [4.78, 5) is 24.5. The second-order valence-electron chi connectivity index (χ2n) is 5.89. The maximum Gasteiger partial charge on any atom is 0.228 e. The van der Waals surface area contributed by atoms with E-state index in [1.807, 2.05) is 6.92 Å². The van der Waals surface area contributed by atoms with E-state index in [2.05, 4.69) is 10.6 Å². The Hall–Kier alpha value is -2.53. The van der Waals surface area contributed by atoms with Crippen LogP contribution in [0.25, 0.3) is 0 Å². The molecule has 130 valence electrons. The third-order valence-corrected chi connectivity index (χ3v) is 4.26. The molecule has 0 bridgehead atoms. The van der Waals surface area contributed by atoms with Gasteiger partial charge in [0.1, 0.15) is 5.75 Å². The Morgan fingerprint density at radius 3 is 1.92 bits per heavy atom. The molecule has 2 atom stereocenters. The number of ether oxygens (including phenoxy) is 1. The van der Waals surface area contributed by atoms with Crippen molar-refractivity contribution in [1.82, 2.24) is 0 Å². The van der Waals surface area contributed by atoms with E-state index in [1.165, 1.54) is 0 Å². The normalized spacial score (nSPS) is 18.3. The number of halogens is 1. The first kappa shape index (κ1) is 17.3. The van der Waals surface area contributed by atoms with Gasteiger partial charge in [0, 0.05) is 16.4 Å². The number of anilines is 2. The van der Waals surface area contributed by atoms with Gasteiger partial charge in [-0.15, -0.1) is 0 Å². The van der Waals surface area contributed by atoms with E-state index in [0.29, 0.717) is 29.4 Å². The molecule has 25 heavy (non-hydrogen) atoms. The molecule has 1 aliphatic carbocycles. The van der Waals surface area contributed by atoms with Crippen molar-refractivity contribution in [2.45, 2.75) is 13.3 Å². The van der Waals surface area contributed by atoms with Gasteiger partial charge in [0.15, 0.2) is 0 Å². The smallest absolute Gasteiger partial charge is 0.228 e. The Kier molecular flexibility index (Phi) is 5.24. The topological polar surface area (TPSA) is 67.4 Å². The van der Waals surface area contributed by atoms with Crippen molar-refractivity contribution in [2.75, 3.05) is 17.2 Å². The minimum atomic E-state index is -0.293. The van der Waals surface area contributed by atoms with Crippen LogP contribution >= 0.6 is 11.6 Å². The van der Waals surface area contributed by atoms with E-state index < -0.39 is 0 Å². The summed E-state index contributed by atoms with van der Waals surface area (Å²) >= 11 is 5.82. The summed E-state index contributed by atoms with van der Waals surface area (Å²) in [7, 11) is 0. The van der Waals surface area contributed by atoms with Crippen molar-refractivity contribution >= 4 is 34.8 Å². The number of hydrogen-bond acceptors (Lipinski definition) is 3. The van der Waals surface area contributed by atoms with Gasteiger partial charge in [-0.1, -0.05) is 11.6 Å². The van der Waals surface area contributed by atoms with Gasteiger partial charge in [-0.2, -0.15) is 0 Å². The van der Waals surface area contributed by atoms with Gasteiger partial charge >= 0.3 is 0 Å². The molecule has 0 aliphatic heterocycles. The number of carbonyl (C=O) groups is 2. The highest BCUT2D eigenvalue weighted by molar-refractivity contribution is 6.30. The van der Waals surface area contributed by atoms with Crippen LogP contribution in [0, 0.1) is 11.8 Å². The van der Waals surface area contributed by atoms with Crippen LogP contribution in [0.15, 0.2) is 48.5 Å². The summed E-state index contributed by atoms with van der Waals surface area (Å²) in [5, 5.41) is 6.25. The summed E-state index contributed by atoms with van der Waals surface area (Å²) < 4.78 is 5.36. The lowest BCUT2D eigenvalue weighted by Crippen LogP contribution is -2.20. The minimum absolute atomic E-state index is 0.139. The van der Waals surface area contributed by atoms with Crippen LogP contribution in [0.1, 0.15) is 13.3 Å². The summed E-state index contributed by atoms with van der Waals surface area (Å²) in [6.07, 6.45) is 0.558. The fourth-order valence-corrected chi connectivity index (χ4v) is 2.70. The number of carbonyl (C=O) groups excluding carboxylic acids is 2. The van der Waals surface area contributed by atoms with Crippen LogP contribution in [-0.2, 0) is 9.59 Å². The van der Waals surface area contributed by atoms with Crippen LogP contribution in [0.5, 0.6) is 5.75 Å². The molecule has 0 aromatic heterocycles. The average Bonchev–Trinajstić information content (AvgIpc) is 3.40. The number of nitrogens with one attached hydrogen (secondary N) is 2. The molecule has 1 aliphatic rings. The van der Waals surface area contributed by atoms with Gasteiger partial charge in [0.05, 0.1) is 18.4 Å². The van der Waals surface area contributed by atoms with Crippen LogP contribution in [0.4, 0.5) is 11.4 Å². The molecule has 2 unspecified atom stereocenters. The Morgan fingerprint density at radius 1 is 0.960 bits per heavy atom. The standard InChI is InChI=1S/C19H19ClN2O3/c1-2-25-15-9-7-14(8-10-15)22-19(24)17-11-16(17)18(23)21-13-5-3-12(20)4-6-13/h3-10,16-17H,2,11H2,1H3,(H,21,23)(H,22,24). The zero-order chi connectivity index (χ0) is 17.8. The van der Waals surface area contributed by atoms with Crippen LogP contribution in [-0.4, -0.2) is 18.4 Å².